The highest BCUT2D eigenvalue weighted by atomic mass is 32.2. The molecule has 2 rings (SSSR count). The minimum atomic E-state index is -3.82. The lowest BCUT2D eigenvalue weighted by atomic mass is 10.1. The largest absolute Gasteiger partial charge is 0.465 e. The monoisotopic (exact) mass is 397 g/mol. The van der Waals surface area contributed by atoms with E-state index in [-0.39, 0.29) is 15.4 Å². The van der Waals surface area contributed by atoms with E-state index in [2.05, 4.69) is 9.46 Å². The molecule has 0 aliphatic carbocycles. The van der Waals surface area contributed by atoms with E-state index in [1.807, 2.05) is 0 Å². The molecule has 0 aromatic heterocycles. The number of methoxy groups -OCH3 is 1. The summed E-state index contributed by atoms with van der Waals surface area (Å²) in [6.07, 6.45) is 1.10. The average molecular weight is 397 g/mol. The number of nitrogens with one attached hydrogen (secondary N) is 1. The summed E-state index contributed by atoms with van der Waals surface area (Å²) >= 11 is 0. The van der Waals surface area contributed by atoms with Crippen LogP contribution >= 0.6 is 0 Å². The number of benzene rings is 2. The Morgan fingerprint density at radius 1 is 0.923 bits per heavy atom. The van der Waals surface area contributed by atoms with Crippen LogP contribution in [0.15, 0.2) is 58.3 Å². The van der Waals surface area contributed by atoms with Gasteiger partial charge in [-0.25, -0.2) is 26.4 Å². The molecule has 0 aliphatic heterocycles. The molecular weight excluding hydrogens is 378 g/mol. The first-order valence-electron chi connectivity index (χ1n) is 7.55. The molecule has 0 aliphatic rings. The van der Waals surface area contributed by atoms with Crippen LogP contribution in [0.2, 0.25) is 0 Å². The van der Waals surface area contributed by atoms with E-state index in [0.717, 1.165) is 6.26 Å². The summed E-state index contributed by atoms with van der Waals surface area (Å²) in [5, 5.41) is 0. The van der Waals surface area contributed by atoms with Crippen LogP contribution in [-0.4, -0.2) is 36.2 Å². The number of sulfonamides is 1. The highest BCUT2D eigenvalue weighted by molar-refractivity contribution is 7.90. The summed E-state index contributed by atoms with van der Waals surface area (Å²) < 4.78 is 55.0. The van der Waals surface area contributed by atoms with Crippen LogP contribution in [0.5, 0.6) is 0 Å². The van der Waals surface area contributed by atoms with Gasteiger partial charge in [-0.15, -0.1) is 0 Å². The van der Waals surface area contributed by atoms with E-state index in [9.17, 15) is 21.6 Å². The van der Waals surface area contributed by atoms with Crippen LogP contribution < -0.4 is 4.72 Å². The van der Waals surface area contributed by atoms with Gasteiger partial charge in [-0.2, -0.15) is 0 Å². The summed E-state index contributed by atoms with van der Waals surface area (Å²) in [6.45, 7) is 1.65. The molecule has 0 amide bonds. The Kier molecular flexibility index (Phi) is 5.84. The highest BCUT2D eigenvalue weighted by Gasteiger charge is 2.19. The quantitative estimate of drug-likeness (QED) is 0.747. The fourth-order valence-electron chi connectivity index (χ4n) is 2.26. The lowest BCUT2D eigenvalue weighted by Crippen LogP contribution is -2.27. The number of hydrogen-bond acceptors (Lipinski definition) is 6. The number of carbonyl (C=O) groups is 1. The predicted molar refractivity (Wildman–Crippen MR) is 96.1 cm³/mol. The molecule has 0 fully saturated rings. The van der Waals surface area contributed by atoms with Crippen LogP contribution in [0, 0.1) is 0 Å². The Morgan fingerprint density at radius 2 is 1.42 bits per heavy atom. The van der Waals surface area contributed by atoms with Crippen LogP contribution in [0.4, 0.5) is 0 Å². The number of rotatable bonds is 6. The van der Waals surface area contributed by atoms with Gasteiger partial charge in [-0.3, -0.25) is 0 Å². The predicted octanol–water partition coefficient (Wildman–Crippen LogP) is 1.92. The zero-order valence-corrected chi connectivity index (χ0v) is 16.1. The van der Waals surface area contributed by atoms with E-state index >= 15 is 0 Å². The molecule has 2 aromatic carbocycles. The first kappa shape index (κ1) is 20.1. The van der Waals surface area contributed by atoms with Crippen molar-refractivity contribution in [1.29, 1.82) is 0 Å². The normalized spacial score (nSPS) is 13.2. The topological polar surface area (TPSA) is 107 Å². The van der Waals surface area contributed by atoms with Crippen molar-refractivity contribution in [3.05, 3.63) is 59.7 Å². The van der Waals surface area contributed by atoms with Crippen LogP contribution in [0.25, 0.3) is 0 Å². The van der Waals surface area contributed by atoms with Gasteiger partial charge in [0.25, 0.3) is 0 Å². The maximum absolute atomic E-state index is 12.5. The summed E-state index contributed by atoms with van der Waals surface area (Å²) in [7, 11) is -5.89. The molecule has 0 radical (unpaired) electrons. The summed E-state index contributed by atoms with van der Waals surface area (Å²) in [4.78, 5) is 11.6. The molecule has 2 aromatic rings. The first-order valence-corrected chi connectivity index (χ1v) is 10.9. The minimum absolute atomic E-state index is 0.00441. The van der Waals surface area contributed by atoms with Crippen LogP contribution in [0.1, 0.15) is 28.9 Å². The second kappa shape index (κ2) is 7.56. The van der Waals surface area contributed by atoms with Crippen molar-refractivity contribution in [2.24, 2.45) is 0 Å². The van der Waals surface area contributed by atoms with Gasteiger partial charge < -0.3 is 4.74 Å². The standard InChI is InChI=1S/C17H19NO6S2/c1-12(13-4-8-15(9-5-13)25(3,20)21)18-26(22,23)16-10-6-14(7-11-16)17(19)24-2/h4-12,18H,1-3H3/t12-/m1/s1. The smallest absolute Gasteiger partial charge is 0.337 e. The van der Waals surface area contributed by atoms with Gasteiger partial charge in [-0.1, -0.05) is 12.1 Å². The third kappa shape index (κ3) is 4.69. The minimum Gasteiger partial charge on any atom is -0.465 e. The highest BCUT2D eigenvalue weighted by Crippen LogP contribution is 2.19. The van der Waals surface area contributed by atoms with Gasteiger partial charge in [0.2, 0.25) is 10.0 Å². The fraction of sp³-hybridized carbons (Fsp3) is 0.235. The van der Waals surface area contributed by atoms with E-state index in [0.29, 0.717) is 5.56 Å². The van der Waals surface area contributed by atoms with Gasteiger partial charge >= 0.3 is 5.97 Å². The van der Waals surface area contributed by atoms with Crippen molar-refractivity contribution in [3.63, 3.8) is 0 Å². The fourth-order valence-corrected chi connectivity index (χ4v) is 4.12. The number of carbonyl (C=O) groups excluding carboxylic acids is 1. The van der Waals surface area contributed by atoms with Crippen molar-refractivity contribution in [2.75, 3.05) is 13.4 Å². The molecule has 9 heteroatoms. The Labute approximate surface area is 153 Å². The zero-order chi connectivity index (χ0) is 19.5. The third-order valence-electron chi connectivity index (χ3n) is 3.73. The van der Waals surface area contributed by atoms with E-state index < -0.39 is 31.9 Å². The van der Waals surface area contributed by atoms with Crippen LogP contribution in [0.3, 0.4) is 0 Å². The molecule has 0 saturated heterocycles. The second-order valence-corrected chi connectivity index (χ2v) is 9.43. The lowest BCUT2D eigenvalue weighted by molar-refractivity contribution is 0.0600. The molecule has 26 heavy (non-hydrogen) atoms. The molecule has 140 valence electrons. The van der Waals surface area contributed by atoms with Gasteiger partial charge in [-0.05, 0) is 48.9 Å². The van der Waals surface area contributed by atoms with Crippen molar-refractivity contribution >= 4 is 25.8 Å². The van der Waals surface area contributed by atoms with E-state index in [4.69, 9.17) is 0 Å². The Morgan fingerprint density at radius 3 is 1.88 bits per heavy atom. The van der Waals surface area contributed by atoms with Gasteiger partial charge in [0.05, 0.1) is 22.5 Å². The molecule has 0 spiro atoms. The Bertz CT molecular complexity index is 994. The zero-order valence-electron chi connectivity index (χ0n) is 14.5. The van der Waals surface area contributed by atoms with Crippen molar-refractivity contribution < 1.29 is 26.4 Å². The Hall–Kier alpha value is -2.23. The van der Waals surface area contributed by atoms with Crippen molar-refractivity contribution in [1.82, 2.24) is 4.72 Å². The number of ether oxygens (including phenoxy) is 1. The van der Waals surface area contributed by atoms with E-state index in [1.165, 1.54) is 43.5 Å². The summed E-state index contributed by atoms with van der Waals surface area (Å²) in [5.74, 6) is -0.554. The molecule has 0 saturated carbocycles. The van der Waals surface area contributed by atoms with Gasteiger partial charge in [0.1, 0.15) is 0 Å². The molecule has 0 unspecified atom stereocenters. The van der Waals surface area contributed by atoms with E-state index in [1.54, 1.807) is 19.1 Å². The average Bonchev–Trinajstić information content (AvgIpc) is 2.60. The summed E-state index contributed by atoms with van der Waals surface area (Å²) in [6, 6.07) is 10.8. The first-order chi connectivity index (χ1) is 12.0. The van der Waals surface area contributed by atoms with Crippen molar-refractivity contribution in [2.45, 2.75) is 22.8 Å². The maximum Gasteiger partial charge on any atom is 0.337 e. The van der Waals surface area contributed by atoms with Gasteiger partial charge in [0.15, 0.2) is 9.84 Å². The van der Waals surface area contributed by atoms with Crippen LogP contribution in [-0.2, 0) is 24.6 Å². The third-order valence-corrected chi connectivity index (χ3v) is 6.41. The molecule has 0 bridgehead atoms. The molecule has 0 heterocycles. The maximum atomic E-state index is 12.5. The molecule has 7 nitrogen and oxygen atoms in total. The lowest BCUT2D eigenvalue weighted by Gasteiger charge is -2.15. The molecular formula is C17H19NO6S2. The number of hydrogen-bond donors (Lipinski definition) is 1. The molecule has 1 atom stereocenters. The number of sulfone groups is 1. The Balaban J connectivity index is 2.19. The SMILES string of the molecule is COC(=O)c1ccc(S(=O)(=O)N[C@H](C)c2ccc(S(C)(=O)=O)cc2)cc1. The van der Waals surface area contributed by atoms with Gasteiger partial charge in [0, 0.05) is 12.3 Å². The van der Waals surface area contributed by atoms with Crippen molar-refractivity contribution in [3.8, 4) is 0 Å². The summed E-state index contributed by atoms with van der Waals surface area (Å²) in [5.41, 5.74) is 0.864. The second-order valence-electron chi connectivity index (χ2n) is 5.70. The molecule has 1 N–H and O–H groups in total. The number of esters is 1.